The molecule has 0 radical (unpaired) electrons. The molecule has 0 atom stereocenters. The highest BCUT2D eigenvalue weighted by molar-refractivity contribution is 6.03. The lowest BCUT2D eigenvalue weighted by Gasteiger charge is -2.15. The van der Waals surface area contributed by atoms with E-state index in [9.17, 15) is 4.79 Å². The molecule has 19 heavy (non-hydrogen) atoms. The van der Waals surface area contributed by atoms with Gasteiger partial charge in [0.15, 0.2) is 0 Å². The molecule has 0 aromatic heterocycles. The number of carbonyl (C=O) groups is 1. The van der Waals surface area contributed by atoms with Gasteiger partial charge in [-0.2, -0.15) is 0 Å². The predicted octanol–water partition coefficient (Wildman–Crippen LogP) is 2.73. The number of primary amides is 1. The Hall–Kier alpha value is -2.23. The highest BCUT2D eigenvalue weighted by atomic mass is 16.5. The van der Waals surface area contributed by atoms with Gasteiger partial charge in [0.1, 0.15) is 11.5 Å². The molecule has 2 rings (SSSR count). The van der Waals surface area contributed by atoms with Gasteiger partial charge in [-0.3, -0.25) is 4.79 Å². The summed E-state index contributed by atoms with van der Waals surface area (Å²) in [5.41, 5.74) is 5.79. The third-order valence-electron chi connectivity index (χ3n) is 2.80. The molecule has 0 heterocycles. The molecule has 0 aliphatic rings. The Labute approximate surface area is 112 Å². The Kier molecular flexibility index (Phi) is 3.60. The molecule has 0 aliphatic heterocycles. The van der Waals surface area contributed by atoms with Gasteiger partial charge in [-0.05, 0) is 43.5 Å². The lowest BCUT2D eigenvalue weighted by molar-refractivity contribution is 0.0995. The molecule has 0 spiro atoms. The minimum absolute atomic E-state index is 0.0363. The van der Waals surface area contributed by atoms with Crippen LogP contribution in [0.5, 0.6) is 11.5 Å². The van der Waals surface area contributed by atoms with Crippen molar-refractivity contribution in [3.63, 3.8) is 0 Å². The first-order chi connectivity index (χ1) is 9.02. The Bertz CT molecular complexity index is 620. The maximum Gasteiger partial charge on any atom is 0.252 e. The van der Waals surface area contributed by atoms with Crippen LogP contribution in [-0.4, -0.2) is 19.1 Å². The normalized spacial score (nSPS) is 10.7. The molecule has 4 heteroatoms. The van der Waals surface area contributed by atoms with E-state index in [-0.39, 0.29) is 6.10 Å². The quantitative estimate of drug-likeness (QED) is 0.918. The maximum atomic E-state index is 11.5. The van der Waals surface area contributed by atoms with Crippen LogP contribution < -0.4 is 15.2 Å². The average Bonchev–Trinajstić information content (AvgIpc) is 2.37. The smallest absolute Gasteiger partial charge is 0.252 e. The second kappa shape index (κ2) is 5.18. The molecular weight excluding hydrogens is 242 g/mol. The Morgan fingerprint density at radius 2 is 1.95 bits per heavy atom. The minimum Gasteiger partial charge on any atom is -0.497 e. The first-order valence-corrected chi connectivity index (χ1v) is 6.10. The van der Waals surface area contributed by atoms with Crippen LogP contribution in [0.25, 0.3) is 10.8 Å². The first kappa shape index (κ1) is 13.2. The van der Waals surface area contributed by atoms with Crippen molar-refractivity contribution in [1.82, 2.24) is 0 Å². The largest absolute Gasteiger partial charge is 0.497 e. The first-order valence-electron chi connectivity index (χ1n) is 6.10. The van der Waals surface area contributed by atoms with Gasteiger partial charge in [0.25, 0.3) is 5.91 Å². The zero-order chi connectivity index (χ0) is 14.0. The summed E-state index contributed by atoms with van der Waals surface area (Å²) < 4.78 is 10.9. The van der Waals surface area contributed by atoms with Crippen molar-refractivity contribution in [3.05, 3.63) is 35.9 Å². The molecule has 2 aromatic carbocycles. The van der Waals surface area contributed by atoms with E-state index in [0.717, 1.165) is 16.5 Å². The maximum absolute atomic E-state index is 11.5. The molecule has 0 aliphatic carbocycles. The van der Waals surface area contributed by atoms with Crippen LogP contribution in [0.4, 0.5) is 0 Å². The molecule has 0 saturated heterocycles. The number of carbonyl (C=O) groups excluding carboxylic acids is 1. The number of hydrogen-bond donors (Lipinski definition) is 1. The van der Waals surface area contributed by atoms with Gasteiger partial charge < -0.3 is 15.2 Å². The number of hydrogen-bond acceptors (Lipinski definition) is 3. The SMILES string of the molecule is COc1ccc2c(OC(C)C)c(C(N)=O)ccc2c1. The van der Waals surface area contributed by atoms with Crippen molar-refractivity contribution in [2.24, 2.45) is 5.73 Å². The fraction of sp³-hybridized carbons (Fsp3) is 0.267. The Morgan fingerprint density at radius 1 is 1.21 bits per heavy atom. The molecular formula is C15H17NO3. The number of ether oxygens (including phenoxy) is 2. The monoisotopic (exact) mass is 259 g/mol. The molecule has 0 bridgehead atoms. The van der Waals surface area contributed by atoms with Crippen molar-refractivity contribution >= 4 is 16.7 Å². The van der Waals surface area contributed by atoms with E-state index in [1.807, 2.05) is 38.1 Å². The summed E-state index contributed by atoms with van der Waals surface area (Å²) >= 11 is 0. The van der Waals surface area contributed by atoms with Crippen LogP contribution in [0.1, 0.15) is 24.2 Å². The topological polar surface area (TPSA) is 61.6 Å². The summed E-state index contributed by atoms with van der Waals surface area (Å²) in [6.45, 7) is 3.82. The van der Waals surface area contributed by atoms with Crippen LogP contribution in [-0.2, 0) is 0 Å². The van der Waals surface area contributed by atoms with Crippen molar-refractivity contribution in [3.8, 4) is 11.5 Å². The van der Waals surface area contributed by atoms with Crippen LogP contribution >= 0.6 is 0 Å². The van der Waals surface area contributed by atoms with Crippen LogP contribution in [0.2, 0.25) is 0 Å². The van der Waals surface area contributed by atoms with E-state index in [1.54, 1.807) is 13.2 Å². The van der Waals surface area contributed by atoms with Gasteiger partial charge in [-0.1, -0.05) is 6.07 Å². The van der Waals surface area contributed by atoms with Gasteiger partial charge in [0, 0.05) is 5.39 Å². The highest BCUT2D eigenvalue weighted by Gasteiger charge is 2.15. The zero-order valence-corrected chi connectivity index (χ0v) is 11.3. The second-order valence-electron chi connectivity index (χ2n) is 4.56. The molecule has 100 valence electrons. The molecule has 0 saturated carbocycles. The lowest BCUT2D eigenvalue weighted by atomic mass is 10.0. The lowest BCUT2D eigenvalue weighted by Crippen LogP contribution is -2.15. The standard InChI is InChI=1S/C15H17NO3/c1-9(2)19-14-12-7-5-11(18-3)8-10(12)4-6-13(14)15(16)17/h4-9H,1-3H3,(H2,16,17). The molecule has 0 fully saturated rings. The van der Waals surface area contributed by atoms with Gasteiger partial charge in [0.2, 0.25) is 0 Å². The number of nitrogens with two attached hydrogens (primary N) is 1. The van der Waals surface area contributed by atoms with Gasteiger partial charge in [-0.25, -0.2) is 0 Å². The van der Waals surface area contributed by atoms with Crippen molar-refractivity contribution < 1.29 is 14.3 Å². The summed E-state index contributed by atoms with van der Waals surface area (Å²) in [4.78, 5) is 11.5. The van der Waals surface area contributed by atoms with E-state index in [0.29, 0.717) is 11.3 Å². The van der Waals surface area contributed by atoms with E-state index in [1.165, 1.54) is 0 Å². The van der Waals surface area contributed by atoms with Crippen molar-refractivity contribution in [2.45, 2.75) is 20.0 Å². The van der Waals surface area contributed by atoms with Gasteiger partial charge in [-0.15, -0.1) is 0 Å². The van der Waals surface area contributed by atoms with E-state index in [4.69, 9.17) is 15.2 Å². The number of amides is 1. The number of rotatable bonds is 4. The molecule has 0 unspecified atom stereocenters. The Morgan fingerprint density at radius 3 is 2.53 bits per heavy atom. The highest BCUT2D eigenvalue weighted by Crippen LogP contribution is 2.32. The predicted molar refractivity (Wildman–Crippen MR) is 74.8 cm³/mol. The van der Waals surface area contributed by atoms with E-state index >= 15 is 0 Å². The second-order valence-corrected chi connectivity index (χ2v) is 4.56. The van der Waals surface area contributed by atoms with Gasteiger partial charge in [0.05, 0.1) is 18.8 Å². The third kappa shape index (κ3) is 2.62. The Balaban J connectivity index is 2.68. The van der Waals surface area contributed by atoms with Crippen LogP contribution in [0.3, 0.4) is 0 Å². The average molecular weight is 259 g/mol. The number of methoxy groups -OCH3 is 1. The van der Waals surface area contributed by atoms with Crippen LogP contribution in [0.15, 0.2) is 30.3 Å². The summed E-state index contributed by atoms with van der Waals surface area (Å²) in [7, 11) is 1.62. The molecule has 4 nitrogen and oxygen atoms in total. The third-order valence-corrected chi connectivity index (χ3v) is 2.80. The summed E-state index contributed by atoms with van der Waals surface area (Å²) in [6, 6.07) is 9.12. The van der Waals surface area contributed by atoms with E-state index < -0.39 is 5.91 Å². The number of benzene rings is 2. The van der Waals surface area contributed by atoms with Crippen molar-refractivity contribution in [1.29, 1.82) is 0 Å². The molecule has 2 N–H and O–H groups in total. The van der Waals surface area contributed by atoms with Gasteiger partial charge >= 0.3 is 0 Å². The minimum atomic E-state index is -0.492. The number of fused-ring (bicyclic) bond motifs is 1. The van der Waals surface area contributed by atoms with E-state index in [2.05, 4.69) is 0 Å². The van der Waals surface area contributed by atoms with Crippen LogP contribution in [0, 0.1) is 0 Å². The fourth-order valence-corrected chi connectivity index (χ4v) is 1.96. The summed E-state index contributed by atoms with van der Waals surface area (Å²) in [5, 5.41) is 1.80. The molecule has 1 amide bonds. The summed E-state index contributed by atoms with van der Waals surface area (Å²) in [6.07, 6.45) is -0.0363. The molecule has 2 aromatic rings. The summed E-state index contributed by atoms with van der Waals surface area (Å²) in [5.74, 6) is 0.797. The van der Waals surface area contributed by atoms with Crippen molar-refractivity contribution in [2.75, 3.05) is 7.11 Å². The fourth-order valence-electron chi connectivity index (χ4n) is 1.96. The zero-order valence-electron chi connectivity index (χ0n) is 11.3.